The number of methoxy groups -OCH3 is 2. The van der Waals surface area contributed by atoms with Crippen molar-refractivity contribution in [3.63, 3.8) is 0 Å². The van der Waals surface area contributed by atoms with E-state index in [1.54, 1.807) is 14.2 Å². The lowest BCUT2D eigenvalue weighted by Gasteiger charge is -2.29. The monoisotopic (exact) mass is 361 g/mol. The van der Waals surface area contributed by atoms with Crippen LogP contribution in [0.15, 0.2) is 54.6 Å². The molecule has 4 rings (SSSR count). The summed E-state index contributed by atoms with van der Waals surface area (Å²) in [5.74, 6) is 1.61. The largest absolute Gasteiger partial charge is 0.493 e. The maximum absolute atomic E-state index is 12.9. The van der Waals surface area contributed by atoms with Crippen LogP contribution in [0.3, 0.4) is 0 Å². The first-order chi connectivity index (χ1) is 13.2. The number of hydrogen-bond acceptors (Lipinski definition) is 3. The molecule has 0 unspecified atom stereocenters. The summed E-state index contributed by atoms with van der Waals surface area (Å²) in [7, 11) is 3.28. The normalized spacial score (nSPS) is 13.3. The van der Waals surface area contributed by atoms with Crippen molar-refractivity contribution in [3.05, 3.63) is 71.3 Å². The van der Waals surface area contributed by atoms with E-state index in [1.807, 2.05) is 35.2 Å². The molecule has 4 heteroatoms. The fourth-order valence-electron chi connectivity index (χ4n) is 3.73. The van der Waals surface area contributed by atoms with Gasteiger partial charge in [-0.15, -0.1) is 0 Å². The van der Waals surface area contributed by atoms with E-state index in [9.17, 15) is 4.79 Å². The minimum absolute atomic E-state index is 0.158. The number of carbonyl (C=O) groups excluding carboxylic acids is 1. The van der Waals surface area contributed by atoms with Crippen molar-refractivity contribution in [2.24, 2.45) is 0 Å². The van der Waals surface area contributed by atoms with Gasteiger partial charge in [0.1, 0.15) is 0 Å². The molecule has 0 atom stereocenters. The smallest absolute Gasteiger partial charge is 0.227 e. The second-order valence-corrected chi connectivity index (χ2v) is 6.90. The maximum atomic E-state index is 12.9. The summed E-state index contributed by atoms with van der Waals surface area (Å²) in [4.78, 5) is 14.8. The van der Waals surface area contributed by atoms with E-state index >= 15 is 0 Å². The summed E-state index contributed by atoms with van der Waals surface area (Å²) in [6.45, 7) is 1.34. The summed E-state index contributed by atoms with van der Waals surface area (Å²) in [6, 6.07) is 18.5. The molecule has 138 valence electrons. The zero-order valence-corrected chi connectivity index (χ0v) is 15.7. The molecule has 3 aromatic carbocycles. The van der Waals surface area contributed by atoms with Gasteiger partial charge in [-0.2, -0.15) is 0 Å². The summed E-state index contributed by atoms with van der Waals surface area (Å²) in [5, 5.41) is 2.37. The van der Waals surface area contributed by atoms with Gasteiger partial charge in [-0.1, -0.05) is 42.5 Å². The van der Waals surface area contributed by atoms with Gasteiger partial charge in [0, 0.05) is 13.1 Å². The Kier molecular flexibility index (Phi) is 4.71. The Morgan fingerprint density at radius 2 is 1.63 bits per heavy atom. The highest BCUT2D eigenvalue weighted by Crippen LogP contribution is 2.33. The fourth-order valence-corrected chi connectivity index (χ4v) is 3.73. The third-order valence-corrected chi connectivity index (χ3v) is 5.24. The van der Waals surface area contributed by atoms with Crippen molar-refractivity contribution in [2.45, 2.75) is 19.4 Å². The summed E-state index contributed by atoms with van der Waals surface area (Å²) in [5.41, 5.74) is 3.41. The summed E-state index contributed by atoms with van der Waals surface area (Å²) >= 11 is 0. The Morgan fingerprint density at radius 1 is 0.926 bits per heavy atom. The van der Waals surface area contributed by atoms with Gasteiger partial charge in [0.25, 0.3) is 0 Å². The van der Waals surface area contributed by atoms with Crippen LogP contribution in [0.1, 0.15) is 16.7 Å². The minimum Gasteiger partial charge on any atom is -0.493 e. The molecule has 27 heavy (non-hydrogen) atoms. The Labute approximate surface area is 159 Å². The molecular formula is C23H23NO3. The first kappa shape index (κ1) is 17.4. The van der Waals surface area contributed by atoms with E-state index in [4.69, 9.17) is 9.47 Å². The van der Waals surface area contributed by atoms with Crippen LogP contribution in [0.4, 0.5) is 0 Å². The van der Waals surface area contributed by atoms with E-state index in [0.717, 1.165) is 29.8 Å². The molecule has 0 radical (unpaired) electrons. The molecule has 0 N–H and O–H groups in total. The highest BCUT2D eigenvalue weighted by atomic mass is 16.5. The number of fused-ring (bicyclic) bond motifs is 2. The van der Waals surface area contributed by atoms with Crippen molar-refractivity contribution in [1.82, 2.24) is 4.90 Å². The Hall–Kier alpha value is -3.01. The van der Waals surface area contributed by atoms with Gasteiger partial charge < -0.3 is 14.4 Å². The van der Waals surface area contributed by atoms with Gasteiger partial charge in [-0.3, -0.25) is 4.79 Å². The molecule has 0 fully saturated rings. The molecule has 0 aliphatic carbocycles. The Morgan fingerprint density at radius 3 is 2.37 bits per heavy atom. The Balaban J connectivity index is 1.51. The van der Waals surface area contributed by atoms with Crippen LogP contribution < -0.4 is 9.47 Å². The molecule has 0 aromatic heterocycles. The summed E-state index contributed by atoms with van der Waals surface area (Å²) in [6.07, 6.45) is 1.26. The SMILES string of the molecule is COc1cc2c(cc1OC)CN(C(=O)Cc1ccc3ccccc3c1)CC2. The number of rotatable bonds is 4. The van der Waals surface area contributed by atoms with Crippen molar-refractivity contribution < 1.29 is 14.3 Å². The molecule has 4 nitrogen and oxygen atoms in total. The number of benzene rings is 3. The van der Waals surface area contributed by atoms with Gasteiger partial charge in [0.2, 0.25) is 5.91 Å². The highest BCUT2D eigenvalue weighted by Gasteiger charge is 2.23. The third kappa shape index (κ3) is 3.47. The van der Waals surface area contributed by atoms with Crippen LogP contribution in [0.25, 0.3) is 10.8 Å². The predicted molar refractivity (Wildman–Crippen MR) is 106 cm³/mol. The fraction of sp³-hybridized carbons (Fsp3) is 0.261. The second-order valence-electron chi connectivity index (χ2n) is 6.90. The molecule has 1 aliphatic heterocycles. The van der Waals surface area contributed by atoms with Crippen molar-refractivity contribution in [3.8, 4) is 11.5 Å². The molecule has 0 bridgehead atoms. The van der Waals surface area contributed by atoms with Gasteiger partial charge in [0.15, 0.2) is 11.5 Å². The maximum Gasteiger partial charge on any atom is 0.227 e. The number of carbonyl (C=O) groups is 1. The van der Waals surface area contributed by atoms with Gasteiger partial charge in [-0.05, 0) is 46.0 Å². The number of hydrogen-bond donors (Lipinski definition) is 0. The van der Waals surface area contributed by atoms with Gasteiger partial charge in [0.05, 0.1) is 20.6 Å². The highest BCUT2D eigenvalue weighted by molar-refractivity contribution is 5.85. The molecule has 1 aliphatic rings. The number of ether oxygens (including phenoxy) is 2. The van der Waals surface area contributed by atoms with Crippen molar-refractivity contribution >= 4 is 16.7 Å². The molecule has 0 saturated heterocycles. The van der Waals surface area contributed by atoms with Gasteiger partial charge in [-0.25, -0.2) is 0 Å². The standard InChI is InChI=1S/C23H23NO3/c1-26-21-13-19-9-10-24(15-20(19)14-22(21)27-2)23(25)12-16-7-8-17-5-3-4-6-18(17)11-16/h3-8,11,13-14H,9-10,12,15H2,1-2H3. The lowest BCUT2D eigenvalue weighted by atomic mass is 9.98. The minimum atomic E-state index is 0.158. The molecule has 1 amide bonds. The van der Waals surface area contributed by atoms with Crippen molar-refractivity contribution in [2.75, 3.05) is 20.8 Å². The van der Waals surface area contributed by atoms with Crippen LogP contribution in [0.2, 0.25) is 0 Å². The topological polar surface area (TPSA) is 38.8 Å². The molecule has 3 aromatic rings. The molecule has 0 spiro atoms. The van der Waals surface area contributed by atoms with Crippen LogP contribution in [0, 0.1) is 0 Å². The van der Waals surface area contributed by atoms with E-state index < -0.39 is 0 Å². The lowest BCUT2D eigenvalue weighted by molar-refractivity contribution is -0.131. The van der Waals surface area contributed by atoms with Crippen LogP contribution in [0.5, 0.6) is 11.5 Å². The third-order valence-electron chi connectivity index (χ3n) is 5.24. The lowest BCUT2D eigenvalue weighted by Crippen LogP contribution is -2.36. The zero-order chi connectivity index (χ0) is 18.8. The van der Waals surface area contributed by atoms with E-state index in [1.165, 1.54) is 16.3 Å². The van der Waals surface area contributed by atoms with Crippen LogP contribution in [-0.2, 0) is 24.2 Å². The molecule has 0 saturated carbocycles. The number of amides is 1. The second kappa shape index (κ2) is 7.31. The average molecular weight is 361 g/mol. The van der Waals surface area contributed by atoms with Crippen LogP contribution >= 0.6 is 0 Å². The first-order valence-corrected chi connectivity index (χ1v) is 9.17. The molecular weight excluding hydrogens is 338 g/mol. The van der Waals surface area contributed by atoms with Gasteiger partial charge >= 0.3 is 0 Å². The van der Waals surface area contributed by atoms with E-state index in [2.05, 4.69) is 24.3 Å². The zero-order valence-electron chi connectivity index (χ0n) is 15.7. The van der Waals surface area contributed by atoms with Crippen LogP contribution in [-0.4, -0.2) is 31.6 Å². The van der Waals surface area contributed by atoms with E-state index in [-0.39, 0.29) is 5.91 Å². The van der Waals surface area contributed by atoms with E-state index in [0.29, 0.717) is 18.7 Å². The molecule has 1 heterocycles. The van der Waals surface area contributed by atoms with Crippen molar-refractivity contribution in [1.29, 1.82) is 0 Å². The average Bonchev–Trinajstić information content (AvgIpc) is 2.72. The summed E-state index contributed by atoms with van der Waals surface area (Å²) < 4.78 is 10.8. The predicted octanol–water partition coefficient (Wildman–Crippen LogP) is 3.98. The number of nitrogens with zero attached hydrogens (tertiary/aromatic N) is 1. The first-order valence-electron chi connectivity index (χ1n) is 9.17. The Bertz CT molecular complexity index is 996. The quantitative estimate of drug-likeness (QED) is 0.705.